The molecular formula is C23H48N3O2PSi. The lowest BCUT2D eigenvalue weighted by Gasteiger charge is -2.25. The summed E-state index contributed by atoms with van der Waals surface area (Å²) in [4.78, 5) is 0. The Morgan fingerprint density at radius 2 is 1.37 bits per heavy atom. The zero-order valence-electron chi connectivity index (χ0n) is 20.1. The molecule has 0 aliphatic carbocycles. The number of furan rings is 1. The summed E-state index contributed by atoms with van der Waals surface area (Å²) in [5.41, 5.74) is 12.8. The second kappa shape index (κ2) is 14.6. The van der Waals surface area contributed by atoms with E-state index in [4.69, 9.17) is 15.4 Å². The van der Waals surface area contributed by atoms with Crippen molar-refractivity contribution in [2.45, 2.75) is 117 Å². The van der Waals surface area contributed by atoms with E-state index in [1.54, 1.807) is 4.67 Å². The summed E-state index contributed by atoms with van der Waals surface area (Å²) in [7, 11) is -4.81. The van der Waals surface area contributed by atoms with Gasteiger partial charge in [-0.05, 0) is 12.5 Å². The predicted molar refractivity (Wildman–Crippen MR) is 134 cm³/mol. The Labute approximate surface area is 186 Å². The van der Waals surface area contributed by atoms with Crippen LogP contribution in [0.5, 0.6) is 0 Å². The van der Waals surface area contributed by atoms with Crippen molar-refractivity contribution in [3.63, 3.8) is 0 Å². The summed E-state index contributed by atoms with van der Waals surface area (Å²) >= 11 is 0. The van der Waals surface area contributed by atoms with Crippen LogP contribution in [0.1, 0.15) is 97.5 Å². The highest BCUT2D eigenvalue weighted by Gasteiger charge is 2.33. The molecule has 176 valence electrons. The van der Waals surface area contributed by atoms with Crippen molar-refractivity contribution in [2.24, 2.45) is 11.0 Å². The van der Waals surface area contributed by atoms with Gasteiger partial charge < -0.3 is 4.42 Å². The second-order valence-electron chi connectivity index (χ2n) is 8.90. The first kappa shape index (κ1) is 27.6. The van der Waals surface area contributed by atoms with Crippen LogP contribution < -0.4 is 16.4 Å². The van der Waals surface area contributed by atoms with Crippen molar-refractivity contribution in [1.29, 1.82) is 0 Å². The third kappa shape index (κ3) is 9.40. The fraction of sp³-hybridized carbons (Fsp3) is 0.826. The van der Waals surface area contributed by atoms with Crippen LogP contribution in [0.3, 0.4) is 0 Å². The van der Waals surface area contributed by atoms with E-state index in [0.29, 0.717) is 13.1 Å². The van der Waals surface area contributed by atoms with Gasteiger partial charge in [0.1, 0.15) is 8.07 Å². The Kier molecular flexibility index (Phi) is 13.5. The lowest BCUT2D eigenvalue weighted by molar-refractivity contribution is 0.388. The molecule has 0 bridgehead atoms. The number of hydrogen-bond donors (Lipinski definition) is 2. The minimum absolute atomic E-state index is 0.507. The van der Waals surface area contributed by atoms with E-state index < -0.39 is 15.7 Å². The molecule has 0 spiro atoms. The Balaban J connectivity index is 2.46. The molecule has 0 radical (unpaired) electrons. The molecule has 30 heavy (non-hydrogen) atoms. The van der Waals surface area contributed by atoms with Crippen LogP contribution >= 0.6 is 7.59 Å². The summed E-state index contributed by atoms with van der Waals surface area (Å²) < 4.78 is 20.2. The van der Waals surface area contributed by atoms with E-state index in [1.165, 1.54) is 69.5 Å². The zero-order valence-corrected chi connectivity index (χ0v) is 22.0. The summed E-state index contributed by atoms with van der Waals surface area (Å²) in [6.45, 7) is 10.3. The predicted octanol–water partition coefficient (Wildman–Crippen LogP) is 6.74. The van der Waals surface area contributed by atoms with Crippen molar-refractivity contribution < 1.29 is 8.98 Å². The molecule has 4 N–H and O–H groups in total. The van der Waals surface area contributed by atoms with Gasteiger partial charge in [0.2, 0.25) is 0 Å². The topological polar surface area (TPSA) is 85.5 Å². The van der Waals surface area contributed by atoms with E-state index in [-0.39, 0.29) is 0 Å². The molecule has 0 aliphatic heterocycles. The minimum atomic E-state index is -3.27. The maximum Gasteiger partial charge on any atom is 0.276 e. The highest BCUT2D eigenvalue weighted by Crippen LogP contribution is 2.34. The molecule has 1 aromatic heterocycles. The van der Waals surface area contributed by atoms with Crippen LogP contribution in [-0.2, 0) is 11.1 Å². The van der Waals surface area contributed by atoms with Gasteiger partial charge in [0.15, 0.2) is 0 Å². The first-order chi connectivity index (χ1) is 14.3. The van der Waals surface area contributed by atoms with Crippen LogP contribution in [-0.4, -0.2) is 19.3 Å². The maximum atomic E-state index is 12.4. The van der Waals surface area contributed by atoms with E-state index in [1.807, 2.05) is 6.26 Å². The first-order valence-electron chi connectivity index (χ1n) is 12.3. The Morgan fingerprint density at radius 1 is 0.867 bits per heavy atom. The second-order valence-corrected chi connectivity index (χ2v) is 16.0. The molecule has 0 saturated heterocycles. The van der Waals surface area contributed by atoms with Crippen molar-refractivity contribution in [1.82, 2.24) is 4.67 Å². The van der Waals surface area contributed by atoms with Crippen molar-refractivity contribution in [3.05, 3.63) is 17.9 Å². The largest absolute Gasteiger partial charge is 0.474 e. The molecule has 7 heteroatoms. The smallest absolute Gasteiger partial charge is 0.276 e. The first-order valence-corrected chi connectivity index (χ1v) is 16.7. The highest BCUT2D eigenvalue weighted by atomic mass is 31.2. The Bertz CT molecular complexity index is 605. The molecule has 0 amide bonds. The zero-order chi connectivity index (χ0) is 22.5. The molecule has 0 atom stereocenters. The Morgan fingerprint density at radius 3 is 1.83 bits per heavy atom. The molecular weight excluding hydrogens is 409 g/mol. The third-order valence-corrected chi connectivity index (χ3v) is 13.4. The normalized spacial score (nSPS) is 12.8. The molecule has 1 aromatic rings. The molecule has 0 saturated carbocycles. The van der Waals surface area contributed by atoms with Crippen molar-refractivity contribution in [3.8, 4) is 0 Å². The summed E-state index contributed by atoms with van der Waals surface area (Å²) in [5.74, 6) is 0. The van der Waals surface area contributed by atoms with Crippen LogP contribution in [0.4, 0.5) is 0 Å². The fourth-order valence-corrected chi connectivity index (χ4v) is 8.53. The van der Waals surface area contributed by atoms with E-state index >= 15 is 0 Å². The van der Waals surface area contributed by atoms with E-state index in [9.17, 15) is 4.57 Å². The van der Waals surface area contributed by atoms with Gasteiger partial charge >= 0.3 is 0 Å². The molecule has 0 unspecified atom stereocenters. The molecule has 1 rings (SSSR count). The van der Waals surface area contributed by atoms with Gasteiger partial charge in [-0.3, -0.25) is 15.6 Å². The number of rotatable bonds is 18. The SMILES string of the molecule is CCCCCCCCCCCCN(Cc1coc([Si](CC)(CC)CC)c1)P(N)(N)=O. The fourth-order valence-electron chi connectivity index (χ4n) is 4.35. The standard InChI is InChI=1S/C23H48N3O2PSi/c1-5-9-10-11-12-13-14-15-16-17-18-26(29(24,25)27)20-22-19-23(28-21-22)30(6-2,7-3)8-4/h19,21H,5-18,20H2,1-4H3,(H4,24,25,27). The van der Waals surface area contributed by atoms with Crippen LogP contribution in [0.2, 0.25) is 18.1 Å². The quantitative estimate of drug-likeness (QED) is 0.145. The summed E-state index contributed by atoms with van der Waals surface area (Å²) in [5, 5.41) is 1.16. The highest BCUT2D eigenvalue weighted by molar-refractivity contribution is 7.56. The van der Waals surface area contributed by atoms with Gasteiger partial charge in [-0.2, -0.15) is 0 Å². The number of nitrogens with zero attached hydrogens (tertiary/aromatic N) is 1. The number of hydrogen-bond acceptors (Lipinski definition) is 2. The van der Waals surface area contributed by atoms with E-state index in [2.05, 4.69) is 33.8 Å². The van der Waals surface area contributed by atoms with Gasteiger partial charge in [-0.25, -0.2) is 4.67 Å². The monoisotopic (exact) mass is 457 g/mol. The van der Waals surface area contributed by atoms with Gasteiger partial charge in [0, 0.05) is 18.7 Å². The molecule has 5 nitrogen and oxygen atoms in total. The molecule has 0 aliphatic rings. The lowest BCUT2D eigenvalue weighted by atomic mass is 10.1. The van der Waals surface area contributed by atoms with E-state index in [0.717, 1.165) is 23.8 Å². The number of unbranched alkanes of at least 4 members (excludes halogenated alkanes) is 9. The van der Waals surface area contributed by atoms with Crippen LogP contribution in [0.25, 0.3) is 0 Å². The maximum absolute atomic E-state index is 12.4. The third-order valence-electron chi connectivity index (χ3n) is 6.78. The van der Waals surface area contributed by atoms with Crippen LogP contribution in [0.15, 0.2) is 16.7 Å². The summed E-state index contributed by atoms with van der Waals surface area (Å²) in [6, 6.07) is 5.72. The van der Waals surface area contributed by atoms with Crippen LogP contribution in [0, 0.1) is 0 Å². The van der Waals surface area contributed by atoms with Gasteiger partial charge in [0.25, 0.3) is 7.59 Å². The van der Waals surface area contributed by atoms with Crippen molar-refractivity contribution in [2.75, 3.05) is 6.54 Å². The molecule has 0 fully saturated rings. The van der Waals surface area contributed by atoms with Gasteiger partial charge in [0.05, 0.1) is 11.6 Å². The van der Waals surface area contributed by atoms with Gasteiger partial charge in [-0.1, -0.05) is 104 Å². The van der Waals surface area contributed by atoms with Crippen molar-refractivity contribution >= 4 is 21.1 Å². The van der Waals surface area contributed by atoms with Gasteiger partial charge in [-0.15, -0.1) is 0 Å². The minimum Gasteiger partial charge on any atom is -0.474 e. The molecule has 0 aromatic carbocycles. The summed E-state index contributed by atoms with van der Waals surface area (Å²) in [6.07, 6.45) is 14.6. The molecule has 1 heterocycles. The average Bonchev–Trinajstić information content (AvgIpc) is 3.18. The average molecular weight is 458 g/mol. The number of nitrogens with two attached hydrogens (primary N) is 2. The Hall–Kier alpha value is -0.393. The lowest BCUT2D eigenvalue weighted by Crippen LogP contribution is -2.44.